The third-order valence-corrected chi connectivity index (χ3v) is 4.97. The highest BCUT2D eigenvalue weighted by molar-refractivity contribution is 5.93. The van der Waals surface area contributed by atoms with E-state index in [1.807, 2.05) is 55.5 Å². The van der Waals surface area contributed by atoms with Crippen LogP contribution in [-0.4, -0.2) is 30.7 Å². The van der Waals surface area contributed by atoms with Crippen LogP contribution < -0.4 is 10.2 Å². The maximum atomic E-state index is 12.4. The first-order chi connectivity index (χ1) is 14.5. The third-order valence-electron chi connectivity index (χ3n) is 4.97. The second-order valence-electron chi connectivity index (χ2n) is 7.40. The highest BCUT2D eigenvalue weighted by atomic mass is 16.4. The number of hydrogen-bond acceptors (Lipinski definition) is 2. The average molecular weight is 409 g/mol. The lowest BCUT2D eigenvalue weighted by atomic mass is 10.0. The smallest absolute Gasteiger partial charge is 0.331 e. The molecular formula is C25H32N2O3. The van der Waals surface area contributed by atoms with Crippen molar-refractivity contribution in [2.75, 3.05) is 18.5 Å². The van der Waals surface area contributed by atoms with E-state index in [0.717, 1.165) is 48.1 Å². The van der Waals surface area contributed by atoms with Gasteiger partial charge in [-0.15, -0.1) is 0 Å². The summed E-state index contributed by atoms with van der Waals surface area (Å²) in [6, 6.07) is 15.5. The van der Waals surface area contributed by atoms with Crippen LogP contribution in [0.3, 0.4) is 0 Å². The summed E-state index contributed by atoms with van der Waals surface area (Å²) in [5, 5.41) is 12.3. The third kappa shape index (κ3) is 6.76. The van der Waals surface area contributed by atoms with Gasteiger partial charge in [0.2, 0.25) is 0 Å². The Kier molecular flexibility index (Phi) is 9.13. The number of carbonyl (C=O) groups excluding carboxylic acids is 1. The number of nitrogens with zero attached hydrogens (tertiary/aromatic N) is 1. The normalized spacial score (nSPS) is 11.2. The van der Waals surface area contributed by atoms with Gasteiger partial charge in [-0.25, -0.2) is 9.59 Å². The molecule has 0 aliphatic rings. The standard InChI is InChI=1S/C25H32N2O3/c1-4-6-7-16-26-25(30)27(3)23-11-8-10-21(18-23)20-14-12-19(13-15-20)17-22(9-5-2)24(28)29/h8,10-15,17-18H,4-7,9,16H2,1-3H3,(H,26,30)(H,28,29)/b22-17+. The number of carbonyl (C=O) groups is 2. The second kappa shape index (κ2) is 11.8. The molecule has 30 heavy (non-hydrogen) atoms. The molecule has 0 aromatic heterocycles. The van der Waals surface area contributed by atoms with E-state index in [4.69, 9.17) is 0 Å². The molecule has 0 aliphatic carbocycles. The van der Waals surface area contributed by atoms with Crippen molar-refractivity contribution in [3.8, 4) is 11.1 Å². The molecule has 2 rings (SSSR count). The fraction of sp³-hybridized carbons (Fsp3) is 0.360. The molecule has 5 nitrogen and oxygen atoms in total. The molecule has 0 saturated heterocycles. The Hall–Kier alpha value is -3.08. The second-order valence-corrected chi connectivity index (χ2v) is 7.40. The maximum absolute atomic E-state index is 12.4. The number of aliphatic carboxylic acids is 1. The van der Waals surface area contributed by atoms with Crippen LogP contribution in [0.1, 0.15) is 51.5 Å². The fourth-order valence-electron chi connectivity index (χ4n) is 3.18. The minimum atomic E-state index is -0.871. The molecular weight excluding hydrogens is 376 g/mol. The zero-order chi connectivity index (χ0) is 21.9. The molecule has 2 aromatic rings. The van der Waals surface area contributed by atoms with E-state index in [-0.39, 0.29) is 6.03 Å². The predicted molar refractivity (Wildman–Crippen MR) is 124 cm³/mol. The van der Waals surface area contributed by atoms with Crippen molar-refractivity contribution < 1.29 is 14.7 Å². The summed E-state index contributed by atoms with van der Waals surface area (Å²) < 4.78 is 0. The summed E-state index contributed by atoms with van der Waals surface area (Å²) in [7, 11) is 1.77. The van der Waals surface area contributed by atoms with Crippen LogP contribution in [0.25, 0.3) is 17.2 Å². The lowest BCUT2D eigenvalue weighted by Gasteiger charge is -2.19. The molecule has 0 heterocycles. The van der Waals surface area contributed by atoms with Gasteiger partial charge in [-0.1, -0.05) is 69.5 Å². The number of hydrogen-bond donors (Lipinski definition) is 2. The molecule has 2 amide bonds. The fourth-order valence-corrected chi connectivity index (χ4v) is 3.18. The molecule has 160 valence electrons. The van der Waals surface area contributed by atoms with E-state index >= 15 is 0 Å². The summed E-state index contributed by atoms with van der Waals surface area (Å²) in [6.45, 7) is 4.79. The van der Waals surface area contributed by atoms with Crippen molar-refractivity contribution in [3.05, 3.63) is 59.7 Å². The van der Waals surface area contributed by atoms with E-state index in [9.17, 15) is 14.7 Å². The van der Waals surface area contributed by atoms with Gasteiger partial charge in [-0.2, -0.15) is 0 Å². The van der Waals surface area contributed by atoms with Gasteiger partial charge in [0.05, 0.1) is 0 Å². The van der Waals surface area contributed by atoms with Crippen LogP contribution in [-0.2, 0) is 4.79 Å². The largest absolute Gasteiger partial charge is 0.478 e. The molecule has 0 saturated carbocycles. The first-order valence-corrected chi connectivity index (χ1v) is 10.6. The molecule has 2 aromatic carbocycles. The van der Waals surface area contributed by atoms with Crippen molar-refractivity contribution in [1.82, 2.24) is 5.32 Å². The van der Waals surface area contributed by atoms with Crippen LogP contribution in [0.5, 0.6) is 0 Å². The van der Waals surface area contributed by atoms with E-state index in [0.29, 0.717) is 18.5 Å². The van der Waals surface area contributed by atoms with Gasteiger partial charge in [0.25, 0.3) is 0 Å². The van der Waals surface area contributed by atoms with Gasteiger partial charge in [0, 0.05) is 24.9 Å². The minimum Gasteiger partial charge on any atom is -0.478 e. The monoisotopic (exact) mass is 408 g/mol. The molecule has 5 heteroatoms. The Labute approximate surface area is 179 Å². The molecule has 0 unspecified atom stereocenters. The molecule has 0 spiro atoms. The van der Waals surface area contributed by atoms with E-state index in [2.05, 4.69) is 12.2 Å². The Morgan fingerprint density at radius 3 is 2.37 bits per heavy atom. The van der Waals surface area contributed by atoms with Gasteiger partial charge in [-0.3, -0.25) is 4.90 Å². The Balaban J connectivity index is 2.12. The van der Waals surface area contributed by atoms with E-state index < -0.39 is 5.97 Å². The van der Waals surface area contributed by atoms with Crippen molar-refractivity contribution in [2.24, 2.45) is 0 Å². The van der Waals surface area contributed by atoms with E-state index in [1.54, 1.807) is 18.0 Å². The quantitative estimate of drug-likeness (QED) is 0.376. The van der Waals surface area contributed by atoms with Gasteiger partial charge >= 0.3 is 12.0 Å². The van der Waals surface area contributed by atoms with Crippen molar-refractivity contribution in [3.63, 3.8) is 0 Å². The zero-order valence-corrected chi connectivity index (χ0v) is 18.1. The summed E-state index contributed by atoms with van der Waals surface area (Å²) >= 11 is 0. The van der Waals surface area contributed by atoms with Gasteiger partial charge in [0.15, 0.2) is 0 Å². The first-order valence-electron chi connectivity index (χ1n) is 10.6. The number of rotatable bonds is 10. The Bertz CT molecular complexity index is 872. The molecule has 0 aliphatic heterocycles. The number of carboxylic acids is 1. The SMILES string of the molecule is CCCCCNC(=O)N(C)c1cccc(-c2ccc(/C=C(\CCC)C(=O)O)cc2)c1. The number of amides is 2. The summed E-state index contributed by atoms with van der Waals surface area (Å²) in [6.07, 6.45) is 6.28. The summed E-state index contributed by atoms with van der Waals surface area (Å²) in [5.74, 6) is -0.871. The lowest BCUT2D eigenvalue weighted by Crippen LogP contribution is -2.37. The summed E-state index contributed by atoms with van der Waals surface area (Å²) in [4.78, 5) is 25.3. The van der Waals surface area contributed by atoms with Gasteiger partial charge in [0.1, 0.15) is 0 Å². The maximum Gasteiger partial charge on any atom is 0.331 e. The van der Waals surface area contributed by atoms with Crippen molar-refractivity contribution in [2.45, 2.75) is 46.0 Å². The zero-order valence-electron chi connectivity index (χ0n) is 18.1. The van der Waals surface area contributed by atoms with Crippen LogP contribution in [0.15, 0.2) is 54.1 Å². The van der Waals surface area contributed by atoms with Crippen LogP contribution >= 0.6 is 0 Å². The number of anilines is 1. The average Bonchev–Trinajstić information content (AvgIpc) is 2.76. The topological polar surface area (TPSA) is 69.6 Å². The number of carboxylic acid groups (broad SMARTS) is 1. The first kappa shape index (κ1) is 23.2. The number of urea groups is 1. The Morgan fingerprint density at radius 2 is 1.73 bits per heavy atom. The van der Waals surface area contributed by atoms with Crippen LogP contribution in [0, 0.1) is 0 Å². The van der Waals surface area contributed by atoms with Gasteiger partial charge in [-0.05, 0) is 47.7 Å². The highest BCUT2D eigenvalue weighted by Crippen LogP contribution is 2.25. The molecule has 0 radical (unpaired) electrons. The van der Waals surface area contributed by atoms with Crippen molar-refractivity contribution in [1.29, 1.82) is 0 Å². The van der Waals surface area contributed by atoms with E-state index in [1.165, 1.54) is 0 Å². The van der Waals surface area contributed by atoms with Crippen LogP contribution in [0.2, 0.25) is 0 Å². The lowest BCUT2D eigenvalue weighted by molar-refractivity contribution is -0.132. The number of nitrogens with one attached hydrogen (secondary N) is 1. The van der Waals surface area contributed by atoms with Gasteiger partial charge < -0.3 is 10.4 Å². The van der Waals surface area contributed by atoms with Crippen molar-refractivity contribution >= 4 is 23.8 Å². The molecule has 0 bridgehead atoms. The molecule has 2 N–H and O–H groups in total. The van der Waals surface area contributed by atoms with Crippen LogP contribution in [0.4, 0.5) is 10.5 Å². The molecule has 0 fully saturated rings. The molecule has 0 atom stereocenters. The highest BCUT2D eigenvalue weighted by Gasteiger charge is 2.11. The Morgan fingerprint density at radius 1 is 1.00 bits per heavy atom. The number of unbranched alkanes of at least 4 members (excludes halogenated alkanes) is 2. The number of benzene rings is 2. The minimum absolute atomic E-state index is 0.110. The summed E-state index contributed by atoms with van der Waals surface area (Å²) in [5.41, 5.74) is 4.11. The predicted octanol–water partition coefficient (Wildman–Crippen LogP) is 5.96.